The number of carbonyl (C=O) groups is 2. The molecule has 2 aliphatic heterocycles. The van der Waals surface area contributed by atoms with E-state index in [0.29, 0.717) is 46.8 Å². The molecule has 0 spiro atoms. The average Bonchev–Trinajstić information content (AvgIpc) is 3.38. The van der Waals surface area contributed by atoms with Gasteiger partial charge in [0.1, 0.15) is 23.6 Å². The number of fused-ring (bicyclic) bond motifs is 2. The molecule has 2 atom stereocenters. The number of nitrogen functional groups attached to an aromatic ring is 1. The number of ether oxygens (including phenoxy) is 1. The van der Waals surface area contributed by atoms with Gasteiger partial charge in [-0.05, 0) is 39.0 Å². The van der Waals surface area contributed by atoms with E-state index in [0.717, 1.165) is 0 Å². The van der Waals surface area contributed by atoms with Crippen molar-refractivity contribution in [2.24, 2.45) is 0 Å². The van der Waals surface area contributed by atoms with Gasteiger partial charge in [-0.3, -0.25) is 9.78 Å². The van der Waals surface area contributed by atoms with Crippen molar-refractivity contribution in [1.82, 2.24) is 29.4 Å². The fourth-order valence-electron chi connectivity index (χ4n) is 4.50. The lowest BCUT2D eigenvalue weighted by molar-refractivity contribution is 0.0272. The highest BCUT2D eigenvalue weighted by Gasteiger charge is 2.43. The van der Waals surface area contributed by atoms with Crippen molar-refractivity contribution in [3.05, 3.63) is 42.0 Å². The molecule has 0 aliphatic carbocycles. The number of halogens is 1. The van der Waals surface area contributed by atoms with E-state index in [9.17, 15) is 14.0 Å². The van der Waals surface area contributed by atoms with Gasteiger partial charge in [0.2, 0.25) is 0 Å². The summed E-state index contributed by atoms with van der Waals surface area (Å²) in [5.41, 5.74) is 8.38. The van der Waals surface area contributed by atoms with Crippen LogP contribution in [0.4, 0.5) is 15.0 Å². The predicted octanol–water partition coefficient (Wildman–Crippen LogP) is 2.33. The highest BCUT2D eigenvalue weighted by Crippen LogP contribution is 2.30. The average molecular weight is 468 g/mol. The number of pyridine rings is 1. The molecule has 2 aliphatic rings. The first-order valence-electron chi connectivity index (χ1n) is 11.1. The second-order valence-electron chi connectivity index (χ2n) is 9.60. The minimum Gasteiger partial charge on any atom is -0.444 e. The Labute approximate surface area is 195 Å². The van der Waals surface area contributed by atoms with E-state index >= 15 is 0 Å². The van der Waals surface area contributed by atoms with E-state index in [1.807, 2.05) is 6.07 Å². The first kappa shape index (κ1) is 22.1. The lowest BCUT2D eigenvalue weighted by Gasteiger charge is -2.34. The van der Waals surface area contributed by atoms with Crippen LogP contribution < -0.4 is 5.73 Å². The zero-order valence-corrected chi connectivity index (χ0v) is 19.2. The summed E-state index contributed by atoms with van der Waals surface area (Å²) in [5.74, 6) is 0.0449. The van der Waals surface area contributed by atoms with Crippen molar-refractivity contribution in [1.29, 1.82) is 0 Å². The van der Waals surface area contributed by atoms with E-state index in [-0.39, 0.29) is 19.0 Å². The molecule has 10 nitrogen and oxygen atoms in total. The van der Waals surface area contributed by atoms with Crippen LogP contribution in [0.2, 0.25) is 0 Å². The second kappa shape index (κ2) is 7.93. The van der Waals surface area contributed by atoms with Gasteiger partial charge in [0.25, 0.3) is 5.91 Å². The molecule has 34 heavy (non-hydrogen) atoms. The van der Waals surface area contributed by atoms with Gasteiger partial charge in [-0.15, -0.1) is 0 Å². The van der Waals surface area contributed by atoms with Crippen molar-refractivity contribution >= 4 is 23.3 Å². The van der Waals surface area contributed by atoms with Crippen LogP contribution in [0.15, 0.2) is 30.7 Å². The zero-order valence-electron chi connectivity index (χ0n) is 19.2. The third-order valence-electron chi connectivity index (χ3n) is 6.10. The number of amides is 2. The zero-order chi connectivity index (χ0) is 24.2. The van der Waals surface area contributed by atoms with Gasteiger partial charge in [0.15, 0.2) is 5.82 Å². The third-order valence-corrected chi connectivity index (χ3v) is 6.10. The van der Waals surface area contributed by atoms with E-state index in [1.54, 1.807) is 43.6 Å². The number of carbonyl (C=O) groups excluding carboxylic acids is 2. The van der Waals surface area contributed by atoms with Crippen LogP contribution in [0.3, 0.4) is 0 Å². The van der Waals surface area contributed by atoms with E-state index in [2.05, 4.69) is 15.1 Å². The summed E-state index contributed by atoms with van der Waals surface area (Å²) in [6.45, 7) is 5.60. The van der Waals surface area contributed by atoms with Crippen molar-refractivity contribution in [2.75, 3.05) is 25.4 Å². The van der Waals surface area contributed by atoms with Crippen LogP contribution in [0.25, 0.3) is 16.8 Å². The minimum atomic E-state index is -1.36. The van der Waals surface area contributed by atoms with Crippen LogP contribution >= 0.6 is 0 Å². The Kier molecular flexibility index (Phi) is 5.14. The molecule has 2 amide bonds. The van der Waals surface area contributed by atoms with Gasteiger partial charge in [0.05, 0.1) is 29.5 Å². The second-order valence-corrected chi connectivity index (χ2v) is 9.60. The van der Waals surface area contributed by atoms with Crippen molar-refractivity contribution in [3.8, 4) is 11.3 Å². The standard InChI is InChI=1S/C23H26FN7O3/c1-23(2,3)34-22(33)29-10-15(24)19(11-29)30-7-6-16-14(21(30)32)8-13(9-26-16)17-4-5-18-20(25)27-12-28-31(17)18/h4-5,8-9,12,15,19H,6-7,10-11H2,1-3H3,(H2,25,27,28). The molecule has 2 N–H and O–H groups in total. The Hall–Kier alpha value is -3.76. The van der Waals surface area contributed by atoms with Gasteiger partial charge in [-0.2, -0.15) is 5.10 Å². The van der Waals surface area contributed by atoms with Crippen LogP contribution in [0.5, 0.6) is 0 Å². The largest absolute Gasteiger partial charge is 0.444 e. The van der Waals surface area contributed by atoms with Gasteiger partial charge in [-0.25, -0.2) is 18.7 Å². The Balaban J connectivity index is 1.41. The molecule has 2 unspecified atom stereocenters. The highest BCUT2D eigenvalue weighted by atomic mass is 19.1. The lowest BCUT2D eigenvalue weighted by atomic mass is 9.99. The SMILES string of the molecule is CC(C)(C)OC(=O)N1CC(F)C(N2CCc3ncc(-c4ccc5c(N)ncnn45)cc3C2=O)C1. The molecule has 3 aromatic heterocycles. The molecule has 0 aromatic carbocycles. The van der Waals surface area contributed by atoms with E-state index in [4.69, 9.17) is 10.5 Å². The number of hydrogen-bond donors (Lipinski definition) is 1. The maximum atomic E-state index is 15.0. The van der Waals surface area contributed by atoms with Crippen molar-refractivity contribution in [3.63, 3.8) is 0 Å². The van der Waals surface area contributed by atoms with Gasteiger partial charge < -0.3 is 20.3 Å². The maximum absolute atomic E-state index is 15.0. The van der Waals surface area contributed by atoms with Crippen LogP contribution in [0.1, 0.15) is 36.8 Å². The fourth-order valence-corrected chi connectivity index (χ4v) is 4.50. The Morgan fingerprint density at radius 1 is 1.24 bits per heavy atom. The molecular formula is C23H26FN7O3. The smallest absolute Gasteiger partial charge is 0.410 e. The minimum absolute atomic E-state index is 0.0871. The summed E-state index contributed by atoms with van der Waals surface area (Å²) in [6.07, 6.45) is 1.62. The molecule has 5 rings (SSSR count). The number of alkyl halides is 1. The normalized spacial score (nSPS) is 20.6. The summed E-state index contributed by atoms with van der Waals surface area (Å²) in [4.78, 5) is 37.2. The topological polar surface area (TPSA) is 119 Å². The summed E-state index contributed by atoms with van der Waals surface area (Å²) in [7, 11) is 0. The summed E-state index contributed by atoms with van der Waals surface area (Å²) in [6, 6.07) is 4.65. The monoisotopic (exact) mass is 467 g/mol. The Morgan fingerprint density at radius 3 is 2.79 bits per heavy atom. The number of nitrogens with zero attached hydrogens (tertiary/aromatic N) is 6. The van der Waals surface area contributed by atoms with Crippen molar-refractivity contribution in [2.45, 2.75) is 45.0 Å². The van der Waals surface area contributed by atoms with Crippen LogP contribution in [0, 0.1) is 0 Å². The summed E-state index contributed by atoms with van der Waals surface area (Å²) in [5, 5.41) is 4.25. The van der Waals surface area contributed by atoms with E-state index in [1.165, 1.54) is 16.1 Å². The lowest BCUT2D eigenvalue weighted by Crippen LogP contribution is -2.49. The molecule has 1 saturated heterocycles. The molecule has 0 radical (unpaired) electrons. The van der Waals surface area contributed by atoms with E-state index < -0.39 is 23.9 Å². The highest BCUT2D eigenvalue weighted by molar-refractivity contribution is 5.97. The third kappa shape index (κ3) is 3.80. The molecule has 5 heterocycles. The molecule has 3 aromatic rings. The van der Waals surface area contributed by atoms with Gasteiger partial charge >= 0.3 is 6.09 Å². The molecule has 0 bridgehead atoms. The number of anilines is 1. The fraction of sp³-hybridized carbons (Fsp3) is 0.435. The molecule has 11 heteroatoms. The number of nitrogens with two attached hydrogens (primary N) is 1. The van der Waals surface area contributed by atoms with Gasteiger partial charge in [0, 0.05) is 31.3 Å². The number of aromatic nitrogens is 4. The van der Waals surface area contributed by atoms with Crippen LogP contribution in [-0.4, -0.2) is 78.8 Å². The number of likely N-dealkylation sites (tertiary alicyclic amines) is 1. The quantitative estimate of drug-likeness (QED) is 0.614. The summed E-state index contributed by atoms with van der Waals surface area (Å²) >= 11 is 0. The Bertz CT molecular complexity index is 1290. The number of hydrogen-bond acceptors (Lipinski definition) is 7. The first-order chi connectivity index (χ1) is 16.1. The van der Waals surface area contributed by atoms with Crippen LogP contribution in [-0.2, 0) is 11.2 Å². The number of rotatable bonds is 2. The molecule has 178 valence electrons. The van der Waals surface area contributed by atoms with Crippen molar-refractivity contribution < 1.29 is 18.7 Å². The first-order valence-corrected chi connectivity index (χ1v) is 11.1. The maximum Gasteiger partial charge on any atom is 0.410 e. The van der Waals surface area contributed by atoms with Gasteiger partial charge in [-0.1, -0.05) is 0 Å². The Morgan fingerprint density at radius 2 is 2.03 bits per heavy atom. The molecule has 1 fully saturated rings. The molecule has 0 saturated carbocycles. The predicted molar refractivity (Wildman–Crippen MR) is 122 cm³/mol. The molecular weight excluding hydrogens is 441 g/mol. The summed E-state index contributed by atoms with van der Waals surface area (Å²) < 4.78 is 22.0.